The van der Waals surface area contributed by atoms with Crippen molar-refractivity contribution in [2.45, 2.75) is 38.0 Å². The zero-order valence-corrected chi connectivity index (χ0v) is 20.8. The number of halogens is 1. The lowest BCUT2D eigenvalue weighted by atomic mass is 9.82. The number of alkyl halides is 1. The molecule has 1 aromatic heterocycles. The van der Waals surface area contributed by atoms with Gasteiger partial charge in [-0.15, -0.1) is 0 Å². The summed E-state index contributed by atoms with van der Waals surface area (Å²) in [6.45, 7) is 3.90. The minimum atomic E-state index is -1.53. The number of carbonyl (C=O) groups is 1. The van der Waals surface area contributed by atoms with E-state index in [0.29, 0.717) is 5.75 Å². The van der Waals surface area contributed by atoms with Gasteiger partial charge in [0.15, 0.2) is 0 Å². The number of esters is 1. The molecule has 186 valence electrons. The van der Waals surface area contributed by atoms with E-state index >= 15 is 4.39 Å². The summed E-state index contributed by atoms with van der Waals surface area (Å²) in [6.07, 6.45) is 5.68. The summed E-state index contributed by atoms with van der Waals surface area (Å²) in [5.74, 6) is 0.227. The number of fused-ring (bicyclic) bond motifs is 3. The number of benzene rings is 2. The number of aromatic amines is 1. The fourth-order valence-corrected chi connectivity index (χ4v) is 5.03. The lowest BCUT2D eigenvalue weighted by molar-refractivity contribution is -0.134. The fourth-order valence-electron chi connectivity index (χ4n) is 5.03. The topological polar surface area (TPSA) is 76.7 Å². The van der Waals surface area contributed by atoms with E-state index in [1.54, 1.807) is 20.1 Å². The first-order chi connectivity index (χ1) is 16.8. The van der Waals surface area contributed by atoms with Crippen LogP contribution in [-0.2, 0) is 20.7 Å². The summed E-state index contributed by atoms with van der Waals surface area (Å²) in [6, 6.07) is 9.72. The van der Waals surface area contributed by atoms with E-state index in [-0.39, 0.29) is 25.2 Å². The maximum Gasteiger partial charge on any atom is 0.330 e. The molecule has 2 aromatic carbocycles. The van der Waals surface area contributed by atoms with Crippen LogP contribution >= 0.6 is 0 Å². The Morgan fingerprint density at radius 3 is 2.74 bits per heavy atom. The molecule has 7 nitrogen and oxygen atoms in total. The van der Waals surface area contributed by atoms with Crippen LogP contribution in [0.5, 0.6) is 5.75 Å². The highest BCUT2D eigenvalue weighted by Crippen LogP contribution is 2.44. The average molecular weight is 482 g/mol. The van der Waals surface area contributed by atoms with Gasteiger partial charge in [-0.1, -0.05) is 18.2 Å². The minimum Gasteiger partial charge on any atom is -0.496 e. The molecule has 0 saturated heterocycles. The van der Waals surface area contributed by atoms with Gasteiger partial charge in [0.1, 0.15) is 11.4 Å². The lowest BCUT2D eigenvalue weighted by Gasteiger charge is -2.45. The largest absolute Gasteiger partial charge is 0.496 e. The predicted octanol–water partition coefficient (Wildman–Crippen LogP) is 4.47. The Morgan fingerprint density at radius 2 is 2.03 bits per heavy atom. The molecule has 0 aliphatic carbocycles. The summed E-state index contributed by atoms with van der Waals surface area (Å²) in [7, 11) is 4.48. The Morgan fingerprint density at radius 1 is 1.26 bits per heavy atom. The molecule has 0 fully saturated rings. The number of rotatable bonds is 8. The standard InChI is InChI=1S/C27H32FN3O4/c1-17-12-21-19(9-10-23-22(21)14-29-30-23)26(31(17)15-27(2,28)16-33-3)20-8-6-18(13-24(20)34-4)7-11-25(32)35-5/h6-11,13-14,17,26H,12,15-16H2,1-5H3,(H,29,30)/b11-7+/t17-,26+,27?/m1/s1. The highest BCUT2D eigenvalue weighted by Gasteiger charge is 2.40. The van der Waals surface area contributed by atoms with E-state index in [2.05, 4.69) is 32.8 Å². The Hall–Kier alpha value is -3.23. The molecule has 3 aromatic rings. The molecule has 4 rings (SSSR count). The molecule has 35 heavy (non-hydrogen) atoms. The van der Waals surface area contributed by atoms with Crippen LogP contribution in [-0.4, -0.2) is 67.3 Å². The second kappa shape index (κ2) is 10.2. The number of nitrogens with zero attached hydrogens (tertiary/aromatic N) is 2. The molecule has 0 radical (unpaired) electrons. The molecule has 1 aliphatic heterocycles. The number of methoxy groups -OCH3 is 3. The molecule has 0 amide bonds. The van der Waals surface area contributed by atoms with Crippen molar-refractivity contribution in [3.63, 3.8) is 0 Å². The number of hydrogen-bond acceptors (Lipinski definition) is 6. The Bertz CT molecular complexity index is 1240. The molecule has 0 saturated carbocycles. The Labute approximate surface area is 204 Å². The van der Waals surface area contributed by atoms with Gasteiger partial charge in [0.25, 0.3) is 0 Å². The molecule has 0 spiro atoms. The van der Waals surface area contributed by atoms with Gasteiger partial charge in [-0.05, 0) is 55.2 Å². The van der Waals surface area contributed by atoms with Crippen LogP contribution in [0.1, 0.15) is 42.1 Å². The fraction of sp³-hybridized carbons (Fsp3) is 0.407. The smallest absolute Gasteiger partial charge is 0.330 e. The van der Waals surface area contributed by atoms with Gasteiger partial charge in [-0.3, -0.25) is 10.00 Å². The van der Waals surface area contributed by atoms with E-state index in [4.69, 9.17) is 9.47 Å². The van der Waals surface area contributed by atoms with Gasteiger partial charge in [0.2, 0.25) is 0 Å². The van der Waals surface area contributed by atoms with Crippen LogP contribution < -0.4 is 4.74 Å². The Kier molecular flexibility index (Phi) is 7.23. The van der Waals surface area contributed by atoms with Crippen LogP contribution in [0.4, 0.5) is 4.39 Å². The molecule has 1 N–H and O–H groups in total. The molecular weight excluding hydrogens is 449 g/mol. The first-order valence-corrected chi connectivity index (χ1v) is 11.6. The van der Waals surface area contributed by atoms with Crippen LogP contribution in [0.25, 0.3) is 17.0 Å². The molecule has 3 atom stereocenters. The third kappa shape index (κ3) is 5.09. The zero-order valence-electron chi connectivity index (χ0n) is 20.8. The van der Waals surface area contributed by atoms with Crippen molar-refractivity contribution >= 4 is 22.9 Å². The predicted molar refractivity (Wildman–Crippen MR) is 133 cm³/mol. The van der Waals surface area contributed by atoms with Crippen LogP contribution in [0.3, 0.4) is 0 Å². The summed E-state index contributed by atoms with van der Waals surface area (Å²) >= 11 is 0. The molecule has 1 unspecified atom stereocenters. The molecule has 0 bridgehead atoms. The number of hydrogen-bond donors (Lipinski definition) is 1. The maximum absolute atomic E-state index is 15.5. The van der Waals surface area contributed by atoms with Gasteiger partial charge in [-0.2, -0.15) is 5.10 Å². The monoisotopic (exact) mass is 481 g/mol. The highest BCUT2D eigenvalue weighted by molar-refractivity contribution is 5.87. The van der Waals surface area contributed by atoms with Crippen molar-refractivity contribution in [3.05, 3.63) is 64.9 Å². The molecular formula is C27H32FN3O4. The highest BCUT2D eigenvalue weighted by atomic mass is 19.1. The number of H-pyrrole nitrogens is 1. The zero-order chi connectivity index (χ0) is 25.2. The van der Waals surface area contributed by atoms with Gasteiger partial charge in [-0.25, -0.2) is 9.18 Å². The van der Waals surface area contributed by atoms with E-state index in [0.717, 1.165) is 34.0 Å². The van der Waals surface area contributed by atoms with Gasteiger partial charge < -0.3 is 14.2 Å². The van der Waals surface area contributed by atoms with Crippen molar-refractivity contribution in [3.8, 4) is 5.75 Å². The first-order valence-electron chi connectivity index (χ1n) is 11.6. The minimum absolute atomic E-state index is 0.00492. The van der Waals surface area contributed by atoms with Gasteiger partial charge in [0, 0.05) is 36.7 Å². The van der Waals surface area contributed by atoms with Crippen molar-refractivity contribution < 1.29 is 23.4 Å². The third-order valence-electron chi connectivity index (χ3n) is 6.59. The lowest BCUT2D eigenvalue weighted by Crippen LogP contribution is -2.50. The van der Waals surface area contributed by atoms with Crippen molar-refractivity contribution in [1.29, 1.82) is 0 Å². The van der Waals surface area contributed by atoms with E-state index in [9.17, 15) is 4.79 Å². The van der Waals surface area contributed by atoms with Crippen LogP contribution in [0.15, 0.2) is 42.6 Å². The third-order valence-corrected chi connectivity index (χ3v) is 6.59. The van der Waals surface area contributed by atoms with Gasteiger partial charge in [0.05, 0.1) is 38.6 Å². The number of carbonyl (C=O) groups excluding carboxylic acids is 1. The molecule has 8 heteroatoms. The van der Waals surface area contributed by atoms with Crippen molar-refractivity contribution in [2.75, 3.05) is 34.5 Å². The van der Waals surface area contributed by atoms with Crippen LogP contribution in [0, 0.1) is 0 Å². The summed E-state index contributed by atoms with van der Waals surface area (Å²) in [4.78, 5) is 13.7. The second-order valence-corrected chi connectivity index (χ2v) is 9.30. The number of nitrogens with one attached hydrogen (secondary N) is 1. The number of aromatic nitrogens is 2. The van der Waals surface area contributed by atoms with Crippen LogP contribution in [0.2, 0.25) is 0 Å². The van der Waals surface area contributed by atoms with E-state index in [1.807, 2.05) is 30.5 Å². The normalized spacial score (nSPS) is 20.1. The van der Waals surface area contributed by atoms with E-state index < -0.39 is 11.6 Å². The maximum atomic E-state index is 15.5. The van der Waals surface area contributed by atoms with Gasteiger partial charge >= 0.3 is 5.97 Å². The SMILES string of the molecule is COCC(C)(F)CN1[C@H](c2ccc(/C=C/C(=O)OC)cc2OC)c2ccc3[nH]ncc3c2C[C@H]1C. The number of ether oxygens (including phenoxy) is 3. The molecule has 2 heterocycles. The summed E-state index contributed by atoms with van der Waals surface area (Å²) < 4.78 is 31.2. The summed E-state index contributed by atoms with van der Waals surface area (Å²) in [5.41, 5.74) is 3.47. The molecule has 1 aliphatic rings. The average Bonchev–Trinajstić information content (AvgIpc) is 3.32. The first kappa shape index (κ1) is 24.9. The van der Waals surface area contributed by atoms with Crippen molar-refractivity contribution in [2.24, 2.45) is 0 Å². The quantitative estimate of drug-likeness (QED) is 0.378. The van der Waals surface area contributed by atoms with E-state index in [1.165, 1.54) is 25.9 Å². The Balaban J connectivity index is 1.85. The van der Waals surface area contributed by atoms with Crippen molar-refractivity contribution in [1.82, 2.24) is 15.1 Å². The second-order valence-electron chi connectivity index (χ2n) is 9.30. The summed E-state index contributed by atoms with van der Waals surface area (Å²) in [5, 5.41) is 8.37.